The molecule has 1 saturated heterocycles. The van der Waals surface area contributed by atoms with Gasteiger partial charge in [-0.3, -0.25) is 14.5 Å². The standard InChI is InChI=1S/C19H27N3O3/c1-14-3-7-17(8-4-14)25-13-18(23)22-11-9-21(10-12-22)15(2)19(24)20-16-5-6-16/h3-4,7-8,15-16H,5-6,9-13H2,1-2H3,(H,20,24). The van der Waals surface area contributed by atoms with Crippen LogP contribution < -0.4 is 10.1 Å². The molecule has 136 valence electrons. The van der Waals surface area contributed by atoms with Crippen molar-refractivity contribution in [2.45, 2.75) is 38.8 Å². The van der Waals surface area contributed by atoms with Crippen molar-refractivity contribution in [1.82, 2.24) is 15.1 Å². The fourth-order valence-corrected chi connectivity index (χ4v) is 2.94. The zero-order chi connectivity index (χ0) is 17.8. The van der Waals surface area contributed by atoms with Crippen molar-refractivity contribution in [3.05, 3.63) is 29.8 Å². The van der Waals surface area contributed by atoms with Gasteiger partial charge in [0.2, 0.25) is 5.91 Å². The van der Waals surface area contributed by atoms with Crippen molar-refractivity contribution in [1.29, 1.82) is 0 Å². The number of aryl methyl sites for hydroxylation is 1. The van der Waals surface area contributed by atoms with E-state index in [1.54, 1.807) is 0 Å². The van der Waals surface area contributed by atoms with Gasteiger partial charge in [0.1, 0.15) is 5.75 Å². The number of benzene rings is 1. The third-order valence-corrected chi connectivity index (χ3v) is 4.90. The summed E-state index contributed by atoms with van der Waals surface area (Å²) >= 11 is 0. The number of carbonyl (C=O) groups excluding carboxylic acids is 2. The highest BCUT2D eigenvalue weighted by Gasteiger charge is 2.30. The Morgan fingerprint density at radius 3 is 2.40 bits per heavy atom. The zero-order valence-electron chi connectivity index (χ0n) is 15.0. The predicted molar refractivity (Wildman–Crippen MR) is 95.5 cm³/mol. The summed E-state index contributed by atoms with van der Waals surface area (Å²) in [4.78, 5) is 28.4. The van der Waals surface area contributed by atoms with Crippen LogP contribution in [0.3, 0.4) is 0 Å². The van der Waals surface area contributed by atoms with E-state index in [1.165, 1.54) is 0 Å². The van der Waals surface area contributed by atoms with Crippen LogP contribution >= 0.6 is 0 Å². The smallest absolute Gasteiger partial charge is 0.260 e. The predicted octanol–water partition coefficient (Wildman–Crippen LogP) is 1.19. The number of hydrogen-bond acceptors (Lipinski definition) is 4. The highest BCUT2D eigenvalue weighted by Crippen LogP contribution is 2.19. The lowest BCUT2D eigenvalue weighted by Crippen LogP contribution is -2.55. The van der Waals surface area contributed by atoms with Crippen molar-refractivity contribution >= 4 is 11.8 Å². The minimum Gasteiger partial charge on any atom is -0.484 e. The number of amides is 2. The number of piperazine rings is 1. The van der Waals surface area contributed by atoms with Gasteiger partial charge in [0.05, 0.1) is 6.04 Å². The van der Waals surface area contributed by atoms with Crippen LogP contribution in [-0.4, -0.2) is 66.5 Å². The second-order valence-corrected chi connectivity index (χ2v) is 6.98. The van der Waals surface area contributed by atoms with E-state index in [4.69, 9.17) is 4.74 Å². The van der Waals surface area contributed by atoms with Crippen molar-refractivity contribution in [2.75, 3.05) is 32.8 Å². The summed E-state index contributed by atoms with van der Waals surface area (Å²) in [6.45, 7) is 6.72. The number of rotatable bonds is 6. The van der Waals surface area contributed by atoms with Gasteiger partial charge < -0.3 is 15.0 Å². The molecule has 1 heterocycles. The highest BCUT2D eigenvalue weighted by molar-refractivity contribution is 5.82. The van der Waals surface area contributed by atoms with Gasteiger partial charge in [-0.15, -0.1) is 0 Å². The van der Waals surface area contributed by atoms with E-state index in [1.807, 2.05) is 43.0 Å². The van der Waals surface area contributed by atoms with Gasteiger partial charge in [-0.1, -0.05) is 17.7 Å². The van der Waals surface area contributed by atoms with E-state index >= 15 is 0 Å². The molecular formula is C19H27N3O3. The van der Waals surface area contributed by atoms with Gasteiger partial charge in [-0.2, -0.15) is 0 Å². The molecule has 1 atom stereocenters. The van der Waals surface area contributed by atoms with Crippen LogP contribution in [0.5, 0.6) is 5.75 Å². The van der Waals surface area contributed by atoms with E-state index in [0.29, 0.717) is 24.9 Å². The molecule has 3 rings (SSSR count). The molecular weight excluding hydrogens is 318 g/mol. The molecule has 0 radical (unpaired) electrons. The van der Waals surface area contributed by atoms with Crippen LogP contribution in [0.2, 0.25) is 0 Å². The van der Waals surface area contributed by atoms with Crippen molar-refractivity contribution < 1.29 is 14.3 Å². The average molecular weight is 345 g/mol. The van der Waals surface area contributed by atoms with Crippen LogP contribution in [0.1, 0.15) is 25.3 Å². The fourth-order valence-electron chi connectivity index (χ4n) is 2.94. The Morgan fingerprint density at radius 2 is 1.80 bits per heavy atom. The number of hydrogen-bond donors (Lipinski definition) is 1. The molecule has 1 aromatic carbocycles. The van der Waals surface area contributed by atoms with Gasteiger partial charge in [-0.05, 0) is 38.8 Å². The molecule has 1 aliphatic carbocycles. The summed E-state index contributed by atoms with van der Waals surface area (Å²) in [5.41, 5.74) is 1.16. The topological polar surface area (TPSA) is 61.9 Å². The Bertz CT molecular complexity index is 605. The minimum absolute atomic E-state index is 0.00434. The quantitative estimate of drug-likeness (QED) is 0.841. The minimum atomic E-state index is -0.137. The molecule has 6 nitrogen and oxygen atoms in total. The van der Waals surface area contributed by atoms with E-state index in [-0.39, 0.29) is 24.5 Å². The van der Waals surface area contributed by atoms with E-state index in [2.05, 4.69) is 10.2 Å². The molecule has 25 heavy (non-hydrogen) atoms. The summed E-state index contributed by atoms with van der Waals surface area (Å²) in [6.07, 6.45) is 2.20. The van der Waals surface area contributed by atoms with Gasteiger partial charge in [0.25, 0.3) is 5.91 Å². The lowest BCUT2D eigenvalue weighted by molar-refractivity contribution is -0.136. The molecule has 1 N–H and O–H groups in total. The summed E-state index contributed by atoms with van der Waals surface area (Å²) in [5.74, 6) is 0.809. The van der Waals surface area contributed by atoms with Crippen molar-refractivity contribution in [3.63, 3.8) is 0 Å². The summed E-state index contributed by atoms with van der Waals surface area (Å²) in [7, 11) is 0. The zero-order valence-corrected chi connectivity index (χ0v) is 15.0. The monoisotopic (exact) mass is 345 g/mol. The van der Waals surface area contributed by atoms with Crippen molar-refractivity contribution in [2.24, 2.45) is 0 Å². The number of ether oxygens (including phenoxy) is 1. The number of carbonyl (C=O) groups is 2. The highest BCUT2D eigenvalue weighted by atomic mass is 16.5. The van der Waals surface area contributed by atoms with Crippen LogP contribution in [-0.2, 0) is 9.59 Å². The largest absolute Gasteiger partial charge is 0.484 e. The Labute approximate surface area is 149 Å². The molecule has 0 bridgehead atoms. The molecule has 0 spiro atoms. The average Bonchev–Trinajstić information content (AvgIpc) is 3.44. The number of nitrogens with zero attached hydrogens (tertiary/aromatic N) is 2. The van der Waals surface area contributed by atoms with Crippen LogP contribution in [0, 0.1) is 6.92 Å². The first kappa shape index (κ1) is 17.7. The normalized spacial score (nSPS) is 19.4. The van der Waals surface area contributed by atoms with Crippen LogP contribution in [0.25, 0.3) is 0 Å². The van der Waals surface area contributed by atoms with E-state index in [9.17, 15) is 9.59 Å². The first-order valence-electron chi connectivity index (χ1n) is 9.04. The molecule has 2 amide bonds. The molecule has 1 aliphatic heterocycles. The maximum Gasteiger partial charge on any atom is 0.260 e. The molecule has 6 heteroatoms. The molecule has 1 aromatic rings. The number of nitrogens with one attached hydrogen (secondary N) is 1. The third-order valence-electron chi connectivity index (χ3n) is 4.90. The van der Waals surface area contributed by atoms with Gasteiger partial charge in [0.15, 0.2) is 6.61 Å². The van der Waals surface area contributed by atoms with Crippen molar-refractivity contribution in [3.8, 4) is 5.75 Å². The molecule has 1 saturated carbocycles. The maximum atomic E-state index is 12.3. The molecule has 2 fully saturated rings. The Morgan fingerprint density at radius 1 is 1.16 bits per heavy atom. The Hall–Kier alpha value is -2.08. The Balaban J connectivity index is 1.40. The summed E-state index contributed by atoms with van der Waals surface area (Å²) < 4.78 is 5.57. The summed E-state index contributed by atoms with van der Waals surface area (Å²) in [6, 6.07) is 7.93. The Kier molecular flexibility index (Phi) is 5.58. The van der Waals surface area contributed by atoms with E-state index in [0.717, 1.165) is 31.5 Å². The van der Waals surface area contributed by atoms with Gasteiger partial charge in [0, 0.05) is 32.2 Å². The fraction of sp³-hybridized carbons (Fsp3) is 0.579. The SMILES string of the molecule is Cc1ccc(OCC(=O)N2CCN(C(C)C(=O)NC3CC3)CC2)cc1. The first-order chi connectivity index (χ1) is 12.0. The van der Waals surface area contributed by atoms with Crippen LogP contribution in [0.15, 0.2) is 24.3 Å². The molecule has 1 unspecified atom stereocenters. The van der Waals surface area contributed by atoms with Gasteiger partial charge >= 0.3 is 0 Å². The maximum absolute atomic E-state index is 12.3. The second-order valence-electron chi connectivity index (χ2n) is 6.98. The lowest BCUT2D eigenvalue weighted by Gasteiger charge is -2.37. The van der Waals surface area contributed by atoms with Gasteiger partial charge in [-0.25, -0.2) is 0 Å². The lowest BCUT2D eigenvalue weighted by atomic mass is 10.2. The van der Waals surface area contributed by atoms with E-state index < -0.39 is 0 Å². The first-order valence-corrected chi connectivity index (χ1v) is 9.04. The molecule has 0 aromatic heterocycles. The van der Waals surface area contributed by atoms with Crippen LogP contribution in [0.4, 0.5) is 0 Å². The third kappa shape index (κ3) is 4.95. The second kappa shape index (κ2) is 7.87. The summed E-state index contributed by atoms with van der Waals surface area (Å²) in [5, 5.41) is 3.05. The molecule has 2 aliphatic rings.